The van der Waals surface area contributed by atoms with E-state index in [0.717, 1.165) is 21.0 Å². The highest BCUT2D eigenvalue weighted by Gasteiger charge is 2.40. The molecular weight excluding hydrogens is 408 g/mol. The maximum atomic E-state index is 13.0. The number of aliphatic hydroxyl groups excluding tert-OH is 1. The summed E-state index contributed by atoms with van der Waals surface area (Å²) in [5.74, 6) is -0.308. The Bertz CT molecular complexity index is 1010. The van der Waals surface area contributed by atoms with E-state index in [2.05, 4.69) is 0 Å². The van der Waals surface area contributed by atoms with Crippen molar-refractivity contribution < 1.29 is 28.3 Å². The Morgan fingerprint density at radius 1 is 1.17 bits per heavy atom. The van der Waals surface area contributed by atoms with Gasteiger partial charge in [0.2, 0.25) is 10.0 Å². The Labute approximate surface area is 176 Å². The largest absolute Gasteiger partial charge is 0.489 e. The van der Waals surface area contributed by atoms with Crippen molar-refractivity contribution in [2.45, 2.75) is 50.3 Å². The van der Waals surface area contributed by atoms with Gasteiger partial charge in [0.1, 0.15) is 18.4 Å². The maximum absolute atomic E-state index is 13.0. The molecule has 0 spiro atoms. The molecule has 1 saturated heterocycles. The normalized spacial score (nSPS) is 20.0. The van der Waals surface area contributed by atoms with Gasteiger partial charge < -0.3 is 9.84 Å². The number of aryl methyl sites for hydroxylation is 2. The monoisotopic (exact) mass is 434 g/mol. The number of hydrogen-bond acceptors (Lipinski definition) is 6. The lowest BCUT2D eigenvalue weighted by Crippen LogP contribution is -2.54. The third-order valence-corrected chi connectivity index (χ3v) is 7.14. The van der Waals surface area contributed by atoms with E-state index in [0.29, 0.717) is 12.4 Å². The fraction of sp³-hybridized carbons (Fsp3) is 0.381. The van der Waals surface area contributed by atoms with Crippen LogP contribution >= 0.6 is 0 Å². The van der Waals surface area contributed by atoms with Crippen LogP contribution in [0.3, 0.4) is 0 Å². The van der Waals surface area contributed by atoms with E-state index in [1.165, 1.54) is 17.6 Å². The second-order valence-corrected chi connectivity index (χ2v) is 9.38. The van der Waals surface area contributed by atoms with Crippen molar-refractivity contribution in [3.8, 4) is 5.75 Å². The van der Waals surface area contributed by atoms with Gasteiger partial charge in [0.15, 0.2) is 0 Å². The molecule has 9 heteroatoms. The predicted octanol–water partition coefficient (Wildman–Crippen LogP) is 1.90. The Morgan fingerprint density at radius 2 is 1.87 bits per heavy atom. The van der Waals surface area contributed by atoms with Crippen molar-refractivity contribution in [2.24, 2.45) is 0 Å². The third kappa shape index (κ3) is 4.81. The van der Waals surface area contributed by atoms with Crippen LogP contribution in [0.4, 0.5) is 0 Å². The number of ether oxygens (including phenoxy) is 1. The van der Waals surface area contributed by atoms with Gasteiger partial charge in [0.25, 0.3) is 5.91 Å². The predicted molar refractivity (Wildman–Crippen MR) is 110 cm³/mol. The average molecular weight is 435 g/mol. The number of hydroxylamine groups is 1. The summed E-state index contributed by atoms with van der Waals surface area (Å²) in [5.41, 5.74) is 4.79. The van der Waals surface area contributed by atoms with Crippen molar-refractivity contribution >= 4 is 15.9 Å². The summed E-state index contributed by atoms with van der Waals surface area (Å²) in [6, 6.07) is 10.9. The highest BCUT2D eigenvalue weighted by Crippen LogP contribution is 2.27. The van der Waals surface area contributed by atoms with Gasteiger partial charge in [-0.25, -0.2) is 13.9 Å². The molecule has 1 fully saturated rings. The summed E-state index contributed by atoms with van der Waals surface area (Å²) < 4.78 is 32.8. The van der Waals surface area contributed by atoms with E-state index in [1.807, 2.05) is 32.0 Å². The van der Waals surface area contributed by atoms with Gasteiger partial charge in [0.05, 0.1) is 11.0 Å². The molecule has 1 amide bonds. The van der Waals surface area contributed by atoms with Crippen LogP contribution in [0, 0.1) is 13.8 Å². The molecule has 0 saturated carbocycles. The summed E-state index contributed by atoms with van der Waals surface area (Å²) in [6.07, 6.45) is -0.485. The first kappa shape index (κ1) is 22.2. The maximum Gasteiger partial charge on any atom is 0.261 e. The molecule has 0 aromatic heterocycles. The number of amides is 1. The van der Waals surface area contributed by atoms with Gasteiger partial charge in [0, 0.05) is 6.54 Å². The summed E-state index contributed by atoms with van der Waals surface area (Å²) in [6.45, 7) is 4.15. The van der Waals surface area contributed by atoms with Crippen molar-refractivity contribution in [2.75, 3.05) is 6.54 Å². The molecule has 8 nitrogen and oxygen atoms in total. The van der Waals surface area contributed by atoms with E-state index in [-0.39, 0.29) is 24.3 Å². The zero-order valence-electron chi connectivity index (χ0n) is 16.9. The summed E-state index contributed by atoms with van der Waals surface area (Å²) in [5, 5.41) is 18.8. The molecule has 0 unspecified atom stereocenters. The average Bonchev–Trinajstić information content (AvgIpc) is 2.74. The molecule has 0 radical (unpaired) electrons. The first-order valence-corrected chi connectivity index (χ1v) is 11.1. The standard InChI is InChI=1S/C21H26N2O6S/c1-14-3-4-15(2)16(11-14)13-29-18-6-8-19(9-7-18)30(27,28)23-12-17(24)5-10-20(23)21(25)22-26/h3-4,6-9,11,17,20,24,26H,5,10,12-13H2,1-2H3,(H,22,25)/t17-,20-/m1/s1. The molecule has 162 valence electrons. The number of β-amino-alcohol motifs (C(OH)–C–C–N with tert-alkyl or cyclic N) is 1. The van der Waals surface area contributed by atoms with E-state index in [4.69, 9.17) is 9.94 Å². The number of carbonyl (C=O) groups excluding carboxylic acids is 1. The van der Waals surface area contributed by atoms with E-state index in [9.17, 15) is 18.3 Å². The van der Waals surface area contributed by atoms with Crippen LogP contribution in [-0.2, 0) is 21.4 Å². The molecule has 2 atom stereocenters. The van der Waals surface area contributed by atoms with Crippen molar-refractivity contribution in [1.29, 1.82) is 0 Å². The number of nitrogens with zero attached hydrogens (tertiary/aromatic N) is 1. The van der Waals surface area contributed by atoms with Crippen molar-refractivity contribution in [1.82, 2.24) is 9.79 Å². The molecule has 0 bridgehead atoms. The number of aliphatic hydroxyl groups is 1. The van der Waals surface area contributed by atoms with Crippen LogP contribution in [0.5, 0.6) is 5.75 Å². The van der Waals surface area contributed by atoms with Crippen LogP contribution in [0.2, 0.25) is 0 Å². The quantitative estimate of drug-likeness (QED) is 0.472. The summed E-state index contributed by atoms with van der Waals surface area (Å²) in [4.78, 5) is 11.9. The molecule has 1 aliphatic heterocycles. The Kier molecular flexibility index (Phi) is 6.77. The van der Waals surface area contributed by atoms with Gasteiger partial charge in [-0.05, 0) is 62.1 Å². The second-order valence-electron chi connectivity index (χ2n) is 7.49. The molecule has 0 aliphatic carbocycles. The topological polar surface area (TPSA) is 116 Å². The number of rotatable bonds is 6. The molecule has 2 aromatic carbocycles. The fourth-order valence-electron chi connectivity index (χ4n) is 3.48. The number of benzene rings is 2. The molecule has 1 heterocycles. The molecule has 3 N–H and O–H groups in total. The smallest absolute Gasteiger partial charge is 0.261 e. The second kappa shape index (κ2) is 9.13. The minimum Gasteiger partial charge on any atom is -0.489 e. The van der Waals surface area contributed by atoms with Gasteiger partial charge in [-0.1, -0.05) is 23.8 Å². The number of carbonyl (C=O) groups is 1. The number of sulfonamides is 1. The summed E-state index contributed by atoms with van der Waals surface area (Å²) >= 11 is 0. The van der Waals surface area contributed by atoms with E-state index in [1.54, 1.807) is 12.1 Å². The van der Waals surface area contributed by atoms with Gasteiger partial charge in [-0.15, -0.1) is 0 Å². The molecule has 30 heavy (non-hydrogen) atoms. The number of nitrogens with one attached hydrogen (secondary N) is 1. The Balaban J connectivity index is 1.76. The minimum atomic E-state index is -4.05. The zero-order valence-corrected chi connectivity index (χ0v) is 17.7. The summed E-state index contributed by atoms with van der Waals surface area (Å²) in [7, 11) is -4.05. The molecule has 1 aliphatic rings. The SMILES string of the molecule is Cc1ccc(C)c(COc2ccc(S(=O)(=O)N3C[C@H](O)CC[C@@H]3C(=O)NO)cc2)c1. The van der Waals surface area contributed by atoms with Crippen LogP contribution in [0.15, 0.2) is 47.4 Å². The third-order valence-electron chi connectivity index (χ3n) is 5.25. The molecule has 3 rings (SSSR count). The minimum absolute atomic E-state index is 0.0218. The van der Waals surface area contributed by atoms with Crippen LogP contribution in [0.25, 0.3) is 0 Å². The first-order chi connectivity index (χ1) is 14.2. The van der Waals surface area contributed by atoms with Crippen molar-refractivity contribution in [3.63, 3.8) is 0 Å². The van der Waals surface area contributed by atoms with Crippen LogP contribution < -0.4 is 10.2 Å². The van der Waals surface area contributed by atoms with Crippen molar-refractivity contribution in [3.05, 3.63) is 59.2 Å². The van der Waals surface area contributed by atoms with Crippen LogP contribution in [-0.4, -0.2) is 47.6 Å². The lowest BCUT2D eigenvalue weighted by molar-refractivity contribution is -0.135. The number of piperidine rings is 1. The van der Waals surface area contributed by atoms with E-state index >= 15 is 0 Å². The highest BCUT2D eigenvalue weighted by atomic mass is 32.2. The first-order valence-electron chi connectivity index (χ1n) is 9.65. The Morgan fingerprint density at radius 3 is 2.53 bits per heavy atom. The lowest BCUT2D eigenvalue weighted by Gasteiger charge is -2.35. The van der Waals surface area contributed by atoms with Gasteiger partial charge >= 0.3 is 0 Å². The van der Waals surface area contributed by atoms with Gasteiger partial charge in [-0.2, -0.15) is 4.31 Å². The molecular formula is C21H26N2O6S. The highest BCUT2D eigenvalue weighted by molar-refractivity contribution is 7.89. The number of hydrogen-bond donors (Lipinski definition) is 3. The zero-order chi connectivity index (χ0) is 21.9. The van der Waals surface area contributed by atoms with Crippen LogP contribution in [0.1, 0.15) is 29.5 Å². The van der Waals surface area contributed by atoms with Gasteiger partial charge in [-0.3, -0.25) is 10.0 Å². The molecule has 2 aromatic rings. The Hall–Kier alpha value is -2.46. The lowest BCUT2D eigenvalue weighted by atomic mass is 10.0. The fourth-order valence-corrected chi connectivity index (χ4v) is 5.14. The van der Waals surface area contributed by atoms with E-state index < -0.39 is 28.1 Å².